The molecule has 0 aliphatic rings. The average Bonchev–Trinajstić information content (AvgIpc) is 3.19. The van der Waals surface area contributed by atoms with Gasteiger partial charge < -0.3 is 10.6 Å². The van der Waals surface area contributed by atoms with Crippen molar-refractivity contribution in [3.63, 3.8) is 0 Å². The Bertz CT molecular complexity index is 1670. The predicted octanol–water partition coefficient (Wildman–Crippen LogP) is 5.56. The molecule has 0 saturated heterocycles. The van der Waals surface area contributed by atoms with Crippen LogP contribution in [0.2, 0.25) is 0 Å². The molecule has 2 N–H and O–H groups in total. The highest BCUT2D eigenvalue weighted by Crippen LogP contribution is 2.38. The summed E-state index contributed by atoms with van der Waals surface area (Å²) in [5.41, 5.74) is 0.612. The minimum atomic E-state index is -4.89. The van der Waals surface area contributed by atoms with Gasteiger partial charge in [-0.1, -0.05) is 6.07 Å². The van der Waals surface area contributed by atoms with E-state index in [9.17, 15) is 31.5 Å². The number of halogens is 5. The number of hydrogen-bond acceptors (Lipinski definition) is 3. The summed E-state index contributed by atoms with van der Waals surface area (Å²) in [6.45, 7) is 3.35. The number of anilines is 1. The van der Waals surface area contributed by atoms with Crippen molar-refractivity contribution >= 4 is 28.9 Å². The molecule has 6 nitrogen and oxygen atoms in total. The van der Waals surface area contributed by atoms with Crippen LogP contribution >= 0.6 is 0 Å². The van der Waals surface area contributed by atoms with Gasteiger partial charge in [-0.05, 0) is 72.9 Å². The molecule has 3 aromatic carbocycles. The lowest BCUT2D eigenvalue weighted by atomic mass is 9.89. The molecular formula is C28H21F5N4O2. The number of carbonyl (C=O) groups excluding carboxylic acids is 2. The lowest BCUT2D eigenvalue weighted by molar-refractivity contribution is -0.137. The number of rotatable bonds is 6. The topological polar surface area (TPSA) is 76.0 Å². The second-order valence-electron chi connectivity index (χ2n) is 8.87. The van der Waals surface area contributed by atoms with Crippen LogP contribution in [0, 0.1) is 37.8 Å². The highest BCUT2D eigenvalue weighted by Gasteiger charge is 2.32. The van der Waals surface area contributed by atoms with Crippen molar-refractivity contribution in [1.29, 1.82) is 0 Å². The molecule has 200 valence electrons. The Hall–Kier alpha value is -4.72. The number of amides is 2. The number of aryl methyl sites for hydroxylation is 3. The lowest BCUT2D eigenvalue weighted by Gasteiger charge is -2.25. The van der Waals surface area contributed by atoms with Crippen LogP contribution in [0.5, 0.6) is 0 Å². The van der Waals surface area contributed by atoms with Gasteiger partial charge in [-0.2, -0.15) is 18.3 Å². The summed E-state index contributed by atoms with van der Waals surface area (Å²) in [7, 11) is 1.61. The van der Waals surface area contributed by atoms with Crippen molar-refractivity contribution in [2.75, 3.05) is 5.32 Å². The fraction of sp³-hybridized carbons (Fsp3) is 0.179. The maximum absolute atomic E-state index is 14.3. The van der Waals surface area contributed by atoms with Gasteiger partial charge in [-0.25, -0.2) is 8.78 Å². The molecule has 1 atom stereocenters. The van der Waals surface area contributed by atoms with Gasteiger partial charge in [0.05, 0.1) is 17.1 Å². The molecule has 0 saturated carbocycles. The van der Waals surface area contributed by atoms with Gasteiger partial charge in [0.2, 0.25) is 6.41 Å². The van der Waals surface area contributed by atoms with E-state index in [2.05, 4.69) is 21.7 Å². The number of hydrogen-bond donors (Lipinski definition) is 2. The monoisotopic (exact) mass is 540 g/mol. The van der Waals surface area contributed by atoms with Crippen molar-refractivity contribution < 1.29 is 31.5 Å². The van der Waals surface area contributed by atoms with Gasteiger partial charge in [0.15, 0.2) is 0 Å². The summed E-state index contributed by atoms with van der Waals surface area (Å²) in [5, 5.41) is 10.1. The zero-order valence-electron chi connectivity index (χ0n) is 20.9. The summed E-state index contributed by atoms with van der Waals surface area (Å²) in [5.74, 6) is -0.375. The molecule has 1 unspecified atom stereocenters. The molecule has 1 aromatic heterocycles. The number of nitrogens with one attached hydrogen (secondary N) is 2. The fourth-order valence-electron chi connectivity index (χ4n) is 4.55. The molecule has 1 heterocycles. The molecule has 0 aliphatic heterocycles. The van der Waals surface area contributed by atoms with Crippen molar-refractivity contribution in [1.82, 2.24) is 15.1 Å². The normalized spacial score (nSPS) is 12.2. The number of terminal acetylenes is 1. The molecule has 0 aliphatic carbocycles. The largest absolute Gasteiger partial charge is 0.416 e. The van der Waals surface area contributed by atoms with Gasteiger partial charge >= 0.3 is 6.18 Å². The zero-order chi connectivity index (χ0) is 28.6. The van der Waals surface area contributed by atoms with E-state index in [1.165, 1.54) is 28.9 Å². The third kappa shape index (κ3) is 5.18. The van der Waals surface area contributed by atoms with Crippen LogP contribution in [0.1, 0.15) is 49.9 Å². The summed E-state index contributed by atoms with van der Waals surface area (Å²) in [6.07, 6.45) is 1.17. The number of aromatic nitrogens is 2. The molecule has 4 rings (SSSR count). The average molecular weight is 540 g/mol. The van der Waals surface area contributed by atoms with Gasteiger partial charge in [-0.15, -0.1) is 6.42 Å². The van der Waals surface area contributed by atoms with Crippen LogP contribution in [0.3, 0.4) is 0 Å². The summed E-state index contributed by atoms with van der Waals surface area (Å²) >= 11 is 0. The maximum atomic E-state index is 14.3. The molecule has 0 spiro atoms. The van der Waals surface area contributed by atoms with Gasteiger partial charge in [0.25, 0.3) is 5.91 Å². The zero-order valence-corrected chi connectivity index (χ0v) is 20.9. The van der Waals surface area contributed by atoms with Gasteiger partial charge in [0, 0.05) is 29.2 Å². The number of fused-ring (bicyclic) bond motifs is 1. The van der Waals surface area contributed by atoms with Crippen LogP contribution < -0.4 is 10.6 Å². The van der Waals surface area contributed by atoms with Gasteiger partial charge in [-0.3, -0.25) is 14.3 Å². The second-order valence-corrected chi connectivity index (χ2v) is 8.87. The molecule has 0 bridgehead atoms. The summed E-state index contributed by atoms with van der Waals surface area (Å²) in [6, 6.07) is 5.92. The van der Waals surface area contributed by atoms with Crippen molar-refractivity contribution in [2.24, 2.45) is 7.05 Å². The molecule has 4 aromatic rings. The number of alkyl halides is 3. The first-order valence-electron chi connectivity index (χ1n) is 11.5. The van der Waals surface area contributed by atoms with Crippen molar-refractivity contribution in [3.05, 3.63) is 93.2 Å². The minimum Gasteiger partial charge on any atom is -0.348 e. The Balaban J connectivity index is 1.97. The SMILES string of the molecule is C#Cc1c2cc(NC(=O)c3cc(F)cc(C(F)(F)F)c3)c(C(NC=O)c3cc(F)ccc3C)c(C)c2nn1C. The molecular weight excluding hydrogens is 519 g/mol. The highest BCUT2D eigenvalue weighted by atomic mass is 19.4. The minimum absolute atomic E-state index is 0.0512. The first kappa shape index (κ1) is 27.3. The molecule has 0 radical (unpaired) electrons. The van der Waals surface area contributed by atoms with E-state index in [0.717, 1.165) is 0 Å². The third-order valence-electron chi connectivity index (χ3n) is 6.37. The first-order valence-corrected chi connectivity index (χ1v) is 11.5. The van der Waals surface area contributed by atoms with E-state index in [1.807, 2.05) is 0 Å². The van der Waals surface area contributed by atoms with E-state index in [4.69, 9.17) is 6.42 Å². The molecule has 11 heteroatoms. The highest BCUT2D eigenvalue weighted by molar-refractivity contribution is 6.06. The molecule has 2 amide bonds. The Morgan fingerprint density at radius 2 is 1.82 bits per heavy atom. The summed E-state index contributed by atoms with van der Waals surface area (Å²) in [4.78, 5) is 24.9. The van der Waals surface area contributed by atoms with E-state index in [1.54, 1.807) is 20.9 Å². The van der Waals surface area contributed by atoms with E-state index in [-0.39, 0.29) is 17.3 Å². The molecule has 39 heavy (non-hydrogen) atoms. The van der Waals surface area contributed by atoms with E-state index >= 15 is 0 Å². The smallest absolute Gasteiger partial charge is 0.348 e. The molecule has 0 fully saturated rings. The first-order chi connectivity index (χ1) is 18.3. The van der Waals surface area contributed by atoms with Crippen LogP contribution in [-0.4, -0.2) is 22.1 Å². The summed E-state index contributed by atoms with van der Waals surface area (Å²) < 4.78 is 69.5. The van der Waals surface area contributed by atoms with Crippen LogP contribution in [-0.2, 0) is 18.0 Å². The number of benzene rings is 3. The fourth-order valence-corrected chi connectivity index (χ4v) is 4.55. The number of nitrogens with zero attached hydrogens (tertiary/aromatic N) is 2. The second kappa shape index (κ2) is 10.2. The predicted molar refractivity (Wildman–Crippen MR) is 135 cm³/mol. The van der Waals surface area contributed by atoms with Crippen molar-refractivity contribution in [3.8, 4) is 12.3 Å². The van der Waals surface area contributed by atoms with E-state index < -0.39 is 40.9 Å². The Kier molecular flexibility index (Phi) is 7.15. The van der Waals surface area contributed by atoms with Gasteiger partial charge in [0.1, 0.15) is 17.3 Å². The Morgan fingerprint density at radius 3 is 2.46 bits per heavy atom. The van der Waals surface area contributed by atoms with Crippen LogP contribution in [0.15, 0.2) is 42.5 Å². The third-order valence-corrected chi connectivity index (χ3v) is 6.37. The van der Waals surface area contributed by atoms with Crippen LogP contribution in [0.25, 0.3) is 10.9 Å². The van der Waals surface area contributed by atoms with Crippen molar-refractivity contribution in [2.45, 2.75) is 26.1 Å². The lowest BCUT2D eigenvalue weighted by Crippen LogP contribution is -2.25. The Morgan fingerprint density at radius 1 is 1.10 bits per heavy atom. The Labute approximate surface area is 219 Å². The maximum Gasteiger partial charge on any atom is 0.416 e. The quantitative estimate of drug-likeness (QED) is 0.191. The number of carbonyl (C=O) groups is 2. The van der Waals surface area contributed by atoms with Crippen LogP contribution in [0.4, 0.5) is 27.6 Å². The standard InChI is InChI=1S/C28H21F5N4O2/c1-5-23-21-12-22(35-27(39)16-8-17(28(31,32)33)10-19(30)9-16)24(15(3)25(21)36-37(23)4)26(34-13-38)20-11-18(29)7-6-14(20)2/h1,6-13,26H,2-4H3,(H,34,38)(H,35,39). The van der Waals surface area contributed by atoms with E-state index in [0.29, 0.717) is 51.8 Å².